The Bertz CT molecular complexity index is 401. The fraction of sp³-hybridized carbons (Fsp3) is 0.722. The summed E-state index contributed by atoms with van der Waals surface area (Å²) >= 11 is 0. The summed E-state index contributed by atoms with van der Waals surface area (Å²) < 4.78 is 5.41. The lowest BCUT2D eigenvalue weighted by Crippen LogP contribution is -2.31. The second kappa shape index (κ2) is 10.7. The molecule has 3 atom stereocenters. The van der Waals surface area contributed by atoms with Crippen molar-refractivity contribution in [2.24, 2.45) is 10.9 Å². The largest absolute Gasteiger partial charge is 0.389 e. The van der Waals surface area contributed by atoms with Gasteiger partial charge in [0.15, 0.2) is 0 Å². The van der Waals surface area contributed by atoms with Gasteiger partial charge in [0, 0.05) is 18.7 Å². The molecule has 1 rings (SSSR count). The van der Waals surface area contributed by atoms with Crippen molar-refractivity contribution >= 4 is 5.71 Å². The first kappa shape index (κ1) is 19.1. The fourth-order valence-electron chi connectivity index (χ4n) is 2.81. The van der Waals surface area contributed by atoms with Crippen LogP contribution in [0.2, 0.25) is 0 Å². The minimum atomic E-state index is -0.537. The normalized spacial score (nSPS) is 34.7. The smallest absolute Gasteiger partial charge is 0.134 e. The molecule has 126 valence electrons. The van der Waals surface area contributed by atoms with Crippen LogP contribution in [-0.2, 0) is 4.74 Å². The molecule has 0 aliphatic heterocycles. The van der Waals surface area contributed by atoms with Crippen molar-refractivity contribution in [3.63, 3.8) is 0 Å². The summed E-state index contributed by atoms with van der Waals surface area (Å²) in [6.07, 6.45) is 11.3. The predicted molar refractivity (Wildman–Crippen MR) is 91.1 cm³/mol. The molecule has 0 amide bonds. The molecule has 1 aliphatic carbocycles. The average Bonchev–Trinajstić information content (AvgIpc) is 2.50. The van der Waals surface area contributed by atoms with Crippen LogP contribution in [0.15, 0.2) is 28.8 Å². The Labute approximate surface area is 134 Å². The van der Waals surface area contributed by atoms with Gasteiger partial charge in [0.1, 0.15) is 12.8 Å². The summed E-state index contributed by atoms with van der Waals surface area (Å²) in [5, 5.41) is 19.5. The van der Waals surface area contributed by atoms with E-state index in [1.54, 1.807) is 7.11 Å². The second-order valence-corrected chi connectivity index (χ2v) is 6.10. The van der Waals surface area contributed by atoms with Crippen LogP contribution in [0.1, 0.15) is 52.4 Å². The first-order valence-electron chi connectivity index (χ1n) is 8.26. The van der Waals surface area contributed by atoms with E-state index >= 15 is 0 Å². The molecule has 4 heteroatoms. The lowest BCUT2D eigenvalue weighted by Gasteiger charge is -2.23. The zero-order valence-electron chi connectivity index (χ0n) is 14.2. The third-order valence-electron chi connectivity index (χ3n) is 4.21. The van der Waals surface area contributed by atoms with Gasteiger partial charge in [-0.25, -0.2) is 0 Å². The van der Waals surface area contributed by atoms with Crippen molar-refractivity contribution in [2.45, 2.75) is 64.6 Å². The number of ether oxygens (including phenoxy) is 1. The van der Waals surface area contributed by atoms with Gasteiger partial charge in [-0.05, 0) is 45.4 Å². The summed E-state index contributed by atoms with van der Waals surface area (Å²) in [5.74, 6) is 0.0378. The number of aliphatic hydroxyl groups is 2. The van der Waals surface area contributed by atoms with Gasteiger partial charge in [0.25, 0.3) is 0 Å². The van der Waals surface area contributed by atoms with Crippen LogP contribution >= 0.6 is 0 Å². The number of aliphatic hydroxyl groups excluding tert-OH is 2. The Kier molecular flexibility index (Phi) is 9.28. The summed E-state index contributed by atoms with van der Waals surface area (Å²) in [6.45, 7) is 3.98. The molecule has 22 heavy (non-hydrogen) atoms. The molecule has 0 unspecified atom stereocenters. The topological polar surface area (TPSA) is 62.0 Å². The van der Waals surface area contributed by atoms with Crippen molar-refractivity contribution in [3.05, 3.63) is 23.8 Å². The van der Waals surface area contributed by atoms with Crippen LogP contribution in [0, 0.1) is 5.92 Å². The number of rotatable bonds is 2. The second-order valence-electron chi connectivity index (χ2n) is 6.10. The van der Waals surface area contributed by atoms with Gasteiger partial charge in [-0.2, -0.15) is 0 Å². The molecule has 4 nitrogen and oxygen atoms in total. The highest BCUT2D eigenvalue weighted by Gasteiger charge is 2.21. The minimum Gasteiger partial charge on any atom is -0.389 e. The Balaban J connectivity index is 2.83. The van der Waals surface area contributed by atoms with E-state index in [1.807, 2.05) is 13.0 Å². The number of methoxy groups -OCH3 is 1. The highest BCUT2D eigenvalue weighted by Crippen LogP contribution is 2.19. The lowest BCUT2D eigenvalue weighted by atomic mass is 9.94. The highest BCUT2D eigenvalue weighted by atomic mass is 16.5. The van der Waals surface area contributed by atoms with Gasteiger partial charge in [-0.15, -0.1) is 0 Å². The van der Waals surface area contributed by atoms with Crippen molar-refractivity contribution in [1.82, 2.24) is 0 Å². The lowest BCUT2D eigenvalue weighted by molar-refractivity contribution is -0.00187. The van der Waals surface area contributed by atoms with Crippen LogP contribution in [0.5, 0.6) is 0 Å². The van der Waals surface area contributed by atoms with E-state index in [2.05, 4.69) is 24.1 Å². The average molecular weight is 309 g/mol. The van der Waals surface area contributed by atoms with E-state index in [1.165, 1.54) is 5.57 Å². The molecule has 0 fully saturated rings. The molecule has 0 radical (unpaired) electrons. The van der Waals surface area contributed by atoms with Crippen LogP contribution in [-0.4, -0.2) is 42.0 Å². The number of hydrogen-bond acceptors (Lipinski definition) is 4. The molecule has 0 aromatic carbocycles. The van der Waals surface area contributed by atoms with Crippen LogP contribution in [0.3, 0.4) is 0 Å². The van der Waals surface area contributed by atoms with Crippen molar-refractivity contribution in [2.75, 3.05) is 13.8 Å². The first-order valence-corrected chi connectivity index (χ1v) is 8.26. The van der Waals surface area contributed by atoms with Crippen molar-refractivity contribution in [1.29, 1.82) is 0 Å². The summed E-state index contributed by atoms with van der Waals surface area (Å²) in [7, 11) is 1.64. The monoisotopic (exact) mass is 309 g/mol. The zero-order chi connectivity index (χ0) is 16.4. The van der Waals surface area contributed by atoms with Crippen molar-refractivity contribution < 1.29 is 14.9 Å². The van der Waals surface area contributed by atoms with E-state index in [9.17, 15) is 5.11 Å². The van der Waals surface area contributed by atoms with Gasteiger partial charge in [0.2, 0.25) is 0 Å². The molecule has 1 aliphatic rings. The maximum absolute atomic E-state index is 10.4. The summed E-state index contributed by atoms with van der Waals surface area (Å²) in [6, 6.07) is 0. The SMILES string of the molecule is CO[C@H]1/C=C/CCCC/C(=N/CO)CC/C(C)=C\[C@@H](C)[C@@H]1O. The summed E-state index contributed by atoms with van der Waals surface area (Å²) in [4.78, 5) is 4.20. The Hall–Kier alpha value is -0.970. The van der Waals surface area contributed by atoms with Gasteiger partial charge < -0.3 is 14.9 Å². The molecular formula is C18H31NO3. The van der Waals surface area contributed by atoms with E-state index < -0.39 is 6.10 Å². The molecule has 0 heterocycles. The molecule has 2 N–H and O–H groups in total. The molecule has 0 aromatic heterocycles. The highest BCUT2D eigenvalue weighted by molar-refractivity contribution is 5.84. The maximum atomic E-state index is 10.4. The Morgan fingerprint density at radius 2 is 2.05 bits per heavy atom. The third kappa shape index (κ3) is 6.86. The van der Waals surface area contributed by atoms with Crippen molar-refractivity contribution in [3.8, 4) is 0 Å². The first-order chi connectivity index (χ1) is 10.6. The van der Waals surface area contributed by atoms with Gasteiger partial charge in [0.05, 0.1) is 6.10 Å². The van der Waals surface area contributed by atoms with E-state index in [0.29, 0.717) is 0 Å². The maximum Gasteiger partial charge on any atom is 0.134 e. The number of allylic oxidation sites excluding steroid dienone is 2. The van der Waals surface area contributed by atoms with Crippen LogP contribution in [0.4, 0.5) is 0 Å². The molecule has 0 bridgehead atoms. The predicted octanol–water partition coefficient (Wildman–Crippen LogP) is 3.25. The quantitative estimate of drug-likeness (QED) is 0.770. The molecule has 0 saturated heterocycles. The molecular weight excluding hydrogens is 278 g/mol. The van der Waals surface area contributed by atoms with Crippen LogP contribution < -0.4 is 0 Å². The Morgan fingerprint density at radius 1 is 1.27 bits per heavy atom. The molecule has 0 saturated carbocycles. The van der Waals surface area contributed by atoms with E-state index in [0.717, 1.165) is 44.2 Å². The van der Waals surface area contributed by atoms with Gasteiger partial charge in [-0.1, -0.05) is 30.7 Å². The number of nitrogens with zero attached hydrogens (tertiary/aromatic N) is 1. The standard InChI is InChI=1S/C18H31NO3/c1-14-10-11-16(19-13-20)8-6-4-5-7-9-17(22-3)18(21)15(2)12-14/h7,9,12,15,17-18,20-21H,4-6,8,10-11,13H2,1-3H3/b9-7+,14-12-,19-16-/t15-,17+,18+/m1/s1. The van der Waals surface area contributed by atoms with E-state index in [4.69, 9.17) is 9.84 Å². The number of aliphatic imine (C=N–C) groups is 1. The molecule has 0 spiro atoms. The minimum absolute atomic E-state index is 0.0378. The third-order valence-corrected chi connectivity index (χ3v) is 4.21. The number of hydrogen-bond donors (Lipinski definition) is 2. The zero-order valence-corrected chi connectivity index (χ0v) is 14.2. The van der Waals surface area contributed by atoms with Crippen LogP contribution in [0.25, 0.3) is 0 Å². The summed E-state index contributed by atoms with van der Waals surface area (Å²) in [5.41, 5.74) is 2.34. The van der Waals surface area contributed by atoms with E-state index in [-0.39, 0.29) is 18.8 Å². The molecule has 0 aromatic rings. The van der Waals surface area contributed by atoms with Gasteiger partial charge in [-0.3, -0.25) is 4.99 Å². The van der Waals surface area contributed by atoms with Gasteiger partial charge >= 0.3 is 0 Å². The fourth-order valence-corrected chi connectivity index (χ4v) is 2.81. The Morgan fingerprint density at radius 3 is 2.73 bits per heavy atom.